The summed E-state index contributed by atoms with van der Waals surface area (Å²) in [7, 11) is 0. The van der Waals surface area contributed by atoms with E-state index < -0.39 is 47.8 Å². The van der Waals surface area contributed by atoms with Crippen LogP contribution in [0.5, 0.6) is 46.0 Å². The topological polar surface area (TPSA) is 247 Å². The summed E-state index contributed by atoms with van der Waals surface area (Å²) in [6.45, 7) is 17.3. The van der Waals surface area contributed by atoms with Gasteiger partial charge in [0, 0.05) is 24.3 Å². The van der Waals surface area contributed by atoms with Gasteiger partial charge in [-0.2, -0.15) is 0 Å². The van der Waals surface area contributed by atoms with Gasteiger partial charge in [-0.15, -0.1) is 0 Å². The number of benzene rings is 6. The molecule has 0 N–H and O–H groups in total. The van der Waals surface area contributed by atoms with Gasteiger partial charge < -0.3 is 56.8 Å². The zero-order valence-corrected chi connectivity index (χ0v) is 64.6. The molecule has 0 radical (unpaired) electrons. The maximum atomic E-state index is 13.8. The fourth-order valence-electron chi connectivity index (χ4n) is 11.7. The fraction of sp³-hybridized carbons (Fsp3) is 0.429. The van der Waals surface area contributed by atoms with Gasteiger partial charge in [0.15, 0.2) is 0 Å². The molecule has 0 heterocycles. The van der Waals surface area contributed by atoms with Crippen LogP contribution in [0.25, 0.3) is 0 Å². The monoisotopic (exact) mass is 1520 g/mol. The van der Waals surface area contributed by atoms with Crippen LogP contribution < -0.4 is 37.9 Å². The Bertz CT molecular complexity index is 3560. The molecule has 0 aliphatic heterocycles. The number of carbonyl (C=O) groups is 8. The minimum atomic E-state index is -0.568. The van der Waals surface area contributed by atoms with Crippen LogP contribution in [0.4, 0.5) is 0 Å². The van der Waals surface area contributed by atoms with Gasteiger partial charge in [-0.05, 0) is 222 Å². The van der Waals surface area contributed by atoms with Crippen molar-refractivity contribution in [1.29, 1.82) is 0 Å². The maximum absolute atomic E-state index is 13.8. The van der Waals surface area contributed by atoms with E-state index in [9.17, 15) is 38.4 Å². The van der Waals surface area contributed by atoms with Gasteiger partial charge >= 0.3 is 47.8 Å². The van der Waals surface area contributed by atoms with Gasteiger partial charge in [0.25, 0.3) is 0 Å². The van der Waals surface area contributed by atoms with Crippen molar-refractivity contribution in [1.82, 2.24) is 0 Å². The van der Waals surface area contributed by atoms with Gasteiger partial charge in [-0.25, -0.2) is 38.4 Å². The van der Waals surface area contributed by atoms with E-state index in [0.29, 0.717) is 146 Å². The molecule has 111 heavy (non-hydrogen) atoms. The molecule has 6 rings (SSSR count). The molecule has 6 aromatic carbocycles. The summed E-state index contributed by atoms with van der Waals surface area (Å²) < 4.78 is 68.1. The Kier molecular flexibility index (Phi) is 44.0. The van der Waals surface area contributed by atoms with Crippen molar-refractivity contribution in [2.24, 2.45) is 0 Å². The first-order valence-electron chi connectivity index (χ1n) is 39.5. The van der Waals surface area contributed by atoms with Gasteiger partial charge in [0.1, 0.15) is 46.0 Å². The van der Waals surface area contributed by atoms with Crippen LogP contribution in [-0.4, -0.2) is 101 Å². The van der Waals surface area contributed by atoms with Crippen LogP contribution in [0.15, 0.2) is 184 Å². The van der Waals surface area contributed by atoms with Gasteiger partial charge in [-0.3, -0.25) is 0 Å². The summed E-state index contributed by atoms with van der Waals surface area (Å²) >= 11 is 0. The lowest BCUT2D eigenvalue weighted by Gasteiger charge is -2.14. The maximum Gasteiger partial charge on any atom is 0.343 e. The summed E-state index contributed by atoms with van der Waals surface area (Å²) in [5.41, 5.74) is 2.66. The Hall–Kier alpha value is -10.8. The van der Waals surface area contributed by atoms with Crippen molar-refractivity contribution in [3.05, 3.63) is 217 Å². The first-order chi connectivity index (χ1) is 54.2. The minimum Gasteiger partial charge on any atom is -0.494 e. The Morgan fingerprint density at radius 3 is 0.658 bits per heavy atom. The highest BCUT2D eigenvalue weighted by atomic mass is 16.6. The highest BCUT2D eigenvalue weighted by molar-refractivity contribution is 5.94. The van der Waals surface area contributed by atoms with Gasteiger partial charge in [0.2, 0.25) is 0 Å². The Morgan fingerprint density at radius 2 is 0.423 bits per heavy atom. The fourth-order valence-corrected chi connectivity index (χ4v) is 11.7. The second-order valence-electron chi connectivity index (χ2n) is 26.8. The summed E-state index contributed by atoms with van der Waals surface area (Å²) in [4.78, 5) is 99.8. The molecule has 596 valence electrons. The van der Waals surface area contributed by atoms with Crippen molar-refractivity contribution in [2.45, 2.75) is 199 Å². The Morgan fingerprint density at radius 1 is 0.225 bits per heavy atom. The number of rotatable bonds is 60. The Balaban J connectivity index is 1.05. The van der Waals surface area contributed by atoms with Crippen molar-refractivity contribution < 1.29 is 95.2 Å². The van der Waals surface area contributed by atoms with Gasteiger partial charge in [-0.1, -0.05) is 148 Å². The molecule has 0 saturated carbocycles. The van der Waals surface area contributed by atoms with E-state index in [1.807, 2.05) is 0 Å². The quantitative estimate of drug-likeness (QED) is 0.0113. The summed E-state index contributed by atoms with van der Waals surface area (Å²) in [5, 5.41) is 0. The van der Waals surface area contributed by atoms with Crippen LogP contribution >= 0.6 is 0 Å². The molecule has 0 spiro atoms. The van der Waals surface area contributed by atoms with E-state index >= 15 is 0 Å². The summed E-state index contributed by atoms with van der Waals surface area (Å²) in [6.07, 6.45) is 32.3. The molecular formula is C91H112O20. The lowest BCUT2D eigenvalue weighted by molar-refractivity contribution is -0.138. The number of ether oxygens (including phenoxy) is 12. The first kappa shape index (κ1) is 89.1. The molecular weight excluding hydrogens is 1410 g/mol. The molecule has 0 bridgehead atoms. The molecule has 20 heteroatoms. The predicted octanol–water partition coefficient (Wildman–Crippen LogP) is 20.1. The van der Waals surface area contributed by atoms with Gasteiger partial charge in [0.05, 0.1) is 75.1 Å². The first-order valence-corrected chi connectivity index (χ1v) is 39.5. The number of hydrogen-bond donors (Lipinski definition) is 0. The molecule has 0 saturated heterocycles. The second kappa shape index (κ2) is 54.8. The van der Waals surface area contributed by atoms with E-state index in [1.165, 1.54) is 24.3 Å². The molecule has 6 aromatic rings. The number of esters is 8. The van der Waals surface area contributed by atoms with E-state index in [2.05, 4.69) is 26.3 Å². The van der Waals surface area contributed by atoms with E-state index in [4.69, 9.17) is 56.8 Å². The van der Waals surface area contributed by atoms with Crippen LogP contribution in [-0.2, 0) is 51.0 Å². The standard InChI is InChI=1S/C91H112O20/c1-5-84(92)104-64-34-24-13-9-20-30-60-100-76-48-40-70(41-49-76)88(96)108-80-56-58-82(110-90(98)72-44-52-78(53-45-72)102-62-32-22-11-15-26-36-66-106-86(94)7-3)74(68-80)38-28-18-17-19-29-39-75-69-81(109-89(97)71-42-50-77(51-43-71)101-61-31-21-10-14-25-35-65-105-85(93)6-2)57-59-83(75)111-91(99)73-46-54-79(55-47-73)103-63-33-23-12-16-27-37-67-107-87(95)8-4/h5-8,40-59,68-69H,1-4,9-39,60-67H2. The van der Waals surface area contributed by atoms with Crippen LogP contribution in [0, 0.1) is 0 Å². The molecule has 0 amide bonds. The van der Waals surface area contributed by atoms with Crippen LogP contribution in [0.1, 0.15) is 239 Å². The van der Waals surface area contributed by atoms with Crippen molar-refractivity contribution >= 4 is 47.8 Å². The van der Waals surface area contributed by atoms with Crippen molar-refractivity contribution in [3.63, 3.8) is 0 Å². The molecule has 0 aliphatic carbocycles. The van der Waals surface area contributed by atoms with E-state index in [-0.39, 0.29) is 11.5 Å². The molecule has 0 aliphatic rings. The highest BCUT2D eigenvalue weighted by Gasteiger charge is 2.19. The highest BCUT2D eigenvalue weighted by Crippen LogP contribution is 2.32. The molecule has 0 fully saturated rings. The van der Waals surface area contributed by atoms with E-state index in [0.717, 1.165) is 173 Å². The SMILES string of the molecule is C=CC(=O)OCCCCCCCCOc1ccc(C(=O)Oc2ccc(OC(=O)c3ccc(OCCCCCCCCOC(=O)C=C)cc3)c(CCCCCCCc3cc(OC(=O)c4ccc(OCCCCCCCCOC(=O)C=C)cc4)ccc3OC(=O)c3ccc(OCCCCCCCCOC(=O)C=C)cc3)c2)cc1. The summed E-state index contributed by atoms with van der Waals surface area (Å²) in [6, 6.07) is 37.2. The third kappa shape index (κ3) is 38.0. The number of carbonyl (C=O) groups excluding carboxylic acids is 8. The lowest BCUT2D eigenvalue weighted by atomic mass is 10.0. The van der Waals surface area contributed by atoms with Crippen molar-refractivity contribution in [3.8, 4) is 46.0 Å². The minimum absolute atomic E-state index is 0.280. The average molecular weight is 1530 g/mol. The summed E-state index contributed by atoms with van der Waals surface area (Å²) in [5.74, 6) is -0.143. The number of unbranched alkanes of at least 4 members (excludes halogenated alkanes) is 24. The predicted molar refractivity (Wildman–Crippen MR) is 426 cm³/mol. The van der Waals surface area contributed by atoms with Crippen LogP contribution in [0.2, 0.25) is 0 Å². The normalized spacial score (nSPS) is 10.7. The zero-order chi connectivity index (χ0) is 79.1. The molecule has 0 atom stereocenters. The largest absolute Gasteiger partial charge is 0.494 e. The third-order valence-electron chi connectivity index (χ3n) is 18.0. The zero-order valence-electron chi connectivity index (χ0n) is 64.6. The lowest BCUT2D eigenvalue weighted by Crippen LogP contribution is -2.11. The molecule has 20 nitrogen and oxygen atoms in total. The van der Waals surface area contributed by atoms with E-state index in [1.54, 1.807) is 133 Å². The molecule has 0 aromatic heterocycles. The molecule has 0 unspecified atom stereocenters. The average Bonchev–Trinajstić information content (AvgIpc) is 0.837. The smallest absolute Gasteiger partial charge is 0.343 e. The third-order valence-corrected chi connectivity index (χ3v) is 18.0. The second-order valence-corrected chi connectivity index (χ2v) is 26.8. The van der Waals surface area contributed by atoms with Crippen LogP contribution in [0.3, 0.4) is 0 Å². The Labute approximate surface area is 655 Å². The number of aryl methyl sites for hydroxylation is 2. The number of hydrogen-bond acceptors (Lipinski definition) is 20. The van der Waals surface area contributed by atoms with Crippen molar-refractivity contribution in [2.75, 3.05) is 52.9 Å².